The van der Waals surface area contributed by atoms with E-state index in [1.807, 2.05) is 24.3 Å². The number of aromatic nitrogens is 5. The van der Waals surface area contributed by atoms with Crippen molar-refractivity contribution >= 4 is 27.6 Å². The van der Waals surface area contributed by atoms with E-state index >= 15 is 0 Å². The molecule has 4 heterocycles. The summed E-state index contributed by atoms with van der Waals surface area (Å²) in [6, 6.07) is 15.8. The molecule has 1 aliphatic heterocycles. The van der Waals surface area contributed by atoms with Crippen LogP contribution in [-0.4, -0.2) is 70.4 Å². The molecule has 1 aliphatic rings. The Bertz CT molecular complexity index is 1470. The highest BCUT2D eigenvalue weighted by atomic mass is 16.5. The van der Waals surface area contributed by atoms with E-state index in [1.165, 1.54) is 5.69 Å². The van der Waals surface area contributed by atoms with Gasteiger partial charge in [-0.2, -0.15) is 5.10 Å². The predicted molar refractivity (Wildman–Crippen MR) is 132 cm³/mol. The highest BCUT2D eigenvalue weighted by Crippen LogP contribution is 2.33. The van der Waals surface area contributed by atoms with E-state index in [-0.39, 0.29) is 0 Å². The summed E-state index contributed by atoms with van der Waals surface area (Å²) >= 11 is 0. The average molecular weight is 456 g/mol. The molecular formula is C25H25N7O2. The molecule has 2 aromatic carbocycles. The summed E-state index contributed by atoms with van der Waals surface area (Å²) in [4.78, 5) is 17.3. The third-order valence-corrected chi connectivity index (χ3v) is 6.26. The second kappa shape index (κ2) is 8.35. The third-order valence-electron chi connectivity index (χ3n) is 6.26. The summed E-state index contributed by atoms with van der Waals surface area (Å²) in [6.07, 6.45) is 1.67. The number of aromatic amines is 2. The number of hydrogen-bond donors (Lipinski definition) is 2. The summed E-state index contributed by atoms with van der Waals surface area (Å²) < 4.78 is 11.3. The van der Waals surface area contributed by atoms with Crippen molar-refractivity contribution in [3.8, 4) is 28.9 Å². The SMILES string of the molecule is COc1cccnc1Oc1ccc2[nH]nc(-c3nc4ccc(N5CCN(C)CC5)cc4[nH]3)c2c1. The summed E-state index contributed by atoms with van der Waals surface area (Å²) in [7, 11) is 3.76. The Kier molecular flexibility index (Phi) is 5.03. The van der Waals surface area contributed by atoms with Crippen molar-refractivity contribution in [2.24, 2.45) is 0 Å². The lowest BCUT2D eigenvalue weighted by atomic mass is 10.2. The summed E-state index contributed by atoms with van der Waals surface area (Å²) in [5, 5.41) is 8.53. The first-order valence-electron chi connectivity index (χ1n) is 11.3. The second-order valence-electron chi connectivity index (χ2n) is 8.47. The number of anilines is 1. The zero-order chi connectivity index (χ0) is 23.1. The second-order valence-corrected chi connectivity index (χ2v) is 8.47. The van der Waals surface area contributed by atoms with E-state index in [0.29, 0.717) is 23.2 Å². The predicted octanol–water partition coefficient (Wildman–Crippen LogP) is 4.05. The van der Waals surface area contributed by atoms with Gasteiger partial charge >= 0.3 is 0 Å². The topological polar surface area (TPSA) is 95.2 Å². The van der Waals surface area contributed by atoms with Gasteiger partial charge in [-0.15, -0.1) is 0 Å². The van der Waals surface area contributed by atoms with Gasteiger partial charge in [-0.1, -0.05) is 0 Å². The molecule has 2 N–H and O–H groups in total. The zero-order valence-corrected chi connectivity index (χ0v) is 19.1. The van der Waals surface area contributed by atoms with Crippen LogP contribution >= 0.6 is 0 Å². The highest BCUT2D eigenvalue weighted by molar-refractivity contribution is 5.94. The first-order valence-corrected chi connectivity index (χ1v) is 11.3. The van der Waals surface area contributed by atoms with Crippen molar-refractivity contribution in [1.82, 2.24) is 30.0 Å². The zero-order valence-electron chi connectivity index (χ0n) is 19.1. The number of methoxy groups -OCH3 is 1. The van der Waals surface area contributed by atoms with Crippen LogP contribution in [0, 0.1) is 0 Å². The Balaban J connectivity index is 1.33. The van der Waals surface area contributed by atoms with Gasteiger partial charge in [-0.05, 0) is 55.6 Å². The van der Waals surface area contributed by atoms with Crippen molar-refractivity contribution < 1.29 is 9.47 Å². The van der Waals surface area contributed by atoms with Crippen LogP contribution in [-0.2, 0) is 0 Å². The number of nitrogens with one attached hydrogen (secondary N) is 2. The monoisotopic (exact) mass is 455 g/mol. The fraction of sp³-hybridized carbons (Fsp3) is 0.240. The largest absolute Gasteiger partial charge is 0.491 e. The van der Waals surface area contributed by atoms with E-state index in [9.17, 15) is 0 Å². The van der Waals surface area contributed by atoms with Gasteiger partial charge in [0.2, 0.25) is 0 Å². The highest BCUT2D eigenvalue weighted by Gasteiger charge is 2.17. The van der Waals surface area contributed by atoms with Crippen LogP contribution in [0.1, 0.15) is 0 Å². The molecule has 6 rings (SSSR count). The molecule has 9 nitrogen and oxygen atoms in total. The van der Waals surface area contributed by atoms with Crippen LogP contribution in [0.3, 0.4) is 0 Å². The van der Waals surface area contributed by atoms with E-state index in [0.717, 1.165) is 53.8 Å². The van der Waals surface area contributed by atoms with E-state index in [1.54, 1.807) is 19.4 Å². The average Bonchev–Trinajstić information content (AvgIpc) is 3.48. The summed E-state index contributed by atoms with van der Waals surface area (Å²) in [5.41, 5.74) is 4.75. The number of imidazole rings is 1. The van der Waals surface area contributed by atoms with Gasteiger partial charge in [0.1, 0.15) is 11.4 Å². The van der Waals surface area contributed by atoms with Crippen LogP contribution in [0.15, 0.2) is 54.7 Å². The maximum Gasteiger partial charge on any atom is 0.262 e. The molecule has 0 amide bonds. The van der Waals surface area contributed by atoms with Crippen molar-refractivity contribution in [2.75, 3.05) is 45.2 Å². The van der Waals surface area contributed by atoms with Crippen molar-refractivity contribution in [2.45, 2.75) is 0 Å². The van der Waals surface area contributed by atoms with Gasteiger partial charge < -0.3 is 24.3 Å². The Labute approximate surface area is 196 Å². The molecular weight excluding hydrogens is 430 g/mol. The molecule has 0 radical (unpaired) electrons. The summed E-state index contributed by atoms with van der Waals surface area (Å²) in [6.45, 7) is 4.19. The van der Waals surface area contributed by atoms with Crippen LogP contribution < -0.4 is 14.4 Å². The molecule has 0 aliphatic carbocycles. The molecule has 172 valence electrons. The lowest BCUT2D eigenvalue weighted by Crippen LogP contribution is -2.44. The Morgan fingerprint density at radius 2 is 1.85 bits per heavy atom. The van der Waals surface area contributed by atoms with Gasteiger partial charge in [0, 0.05) is 43.4 Å². The third kappa shape index (κ3) is 3.69. The van der Waals surface area contributed by atoms with Crippen LogP contribution in [0.2, 0.25) is 0 Å². The maximum atomic E-state index is 6.00. The van der Waals surface area contributed by atoms with Gasteiger partial charge in [0.25, 0.3) is 5.88 Å². The van der Waals surface area contributed by atoms with Crippen molar-refractivity contribution in [3.05, 3.63) is 54.7 Å². The lowest BCUT2D eigenvalue weighted by molar-refractivity contribution is 0.313. The van der Waals surface area contributed by atoms with Crippen molar-refractivity contribution in [1.29, 1.82) is 0 Å². The molecule has 0 unspecified atom stereocenters. The van der Waals surface area contributed by atoms with Crippen LogP contribution in [0.25, 0.3) is 33.5 Å². The Morgan fingerprint density at radius 3 is 2.71 bits per heavy atom. The number of hydrogen-bond acceptors (Lipinski definition) is 7. The minimum absolute atomic E-state index is 0.412. The van der Waals surface area contributed by atoms with Gasteiger partial charge in [-0.25, -0.2) is 9.97 Å². The molecule has 1 fully saturated rings. The van der Waals surface area contributed by atoms with Crippen LogP contribution in [0.4, 0.5) is 5.69 Å². The smallest absolute Gasteiger partial charge is 0.262 e. The molecule has 3 aromatic heterocycles. The number of H-pyrrole nitrogens is 2. The summed E-state index contributed by atoms with van der Waals surface area (Å²) in [5.74, 6) is 2.34. The molecule has 0 spiro atoms. The van der Waals surface area contributed by atoms with E-state index in [2.05, 4.69) is 55.2 Å². The number of nitrogens with zero attached hydrogens (tertiary/aromatic N) is 5. The molecule has 1 saturated heterocycles. The number of fused-ring (bicyclic) bond motifs is 2. The molecule has 34 heavy (non-hydrogen) atoms. The number of likely N-dealkylation sites (N-methyl/N-ethyl adjacent to an activating group) is 1. The molecule has 0 atom stereocenters. The van der Waals surface area contributed by atoms with Gasteiger partial charge in [-0.3, -0.25) is 5.10 Å². The Morgan fingerprint density at radius 1 is 0.971 bits per heavy atom. The molecule has 0 saturated carbocycles. The van der Waals surface area contributed by atoms with Crippen LogP contribution in [0.5, 0.6) is 17.4 Å². The number of benzene rings is 2. The minimum atomic E-state index is 0.412. The number of ether oxygens (including phenoxy) is 2. The normalized spacial score (nSPS) is 14.7. The fourth-order valence-corrected chi connectivity index (χ4v) is 4.33. The lowest BCUT2D eigenvalue weighted by Gasteiger charge is -2.34. The van der Waals surface area contributed by atoms with E-state index in [4.69, 9.17) is 14.5 Å². The Hall–Kier alpha value is -4.11. The maximum absolute atomic E-state index is 6.00. The number of rotatable bonds is 5. The minimum Gasteiger partial charge on any atom is -0.491 e. The van der Waals surface area contributed by atoms with Gasteiger partial charge in [0.15, 0.2) is 11.6 Å². The first-order chi connectivity index (χ1) is 16.7. The first kappa shape index (κ1) is 20.5. The molecule has 5 aromatic rings. The van der Waals surface area contributed by atoms with Crippen molar-refractivity contribution in [3.63, 3.8) is 0 Å². The number of piperazine rings is 1. The molecule has 9 heteroatoms. The number of pyridine rings is 1. The van der Waals surface area contributed by atoms with Gasteiger partial charge in [0.05, 0.1) is 23.7 Å². The standard InChI is InChI=1S/C25H25N7O2/c1-31-10-12-32(13-11-31)16-5-7-20-21(14-16)28-24(27-20)23-18-15-17(6-8-19(18)29-30-23)34-25-22(33-2)4-3-9-26-25/h3-9,14-15H,10-13H2,1-2H3,(H,27,28)(H,29,30). The van der Waals surface area contributed by atoms with E-state index < -0.39 is 0 Å². The fourth-order valence-electron chi connectivity index (χ4n) is 4.33. The molecule has 0 bridgehead atoms. The quantitative estimate of drug-likeness (QED) is 0.413.